The van der Waals surface area contributed by atoms with E-state index in [0.717, 1.165) is 29.5 Å². The van der Waals surface area contributed by atoms with Gasteiger partial charge in [0.25, 0.3) is 5.91 Å². The molecule has 23 heavy (non-hydrogen) atoms. The Morgan fingerprint density at radius 1 is 1.17 bits per heavy atom. The average molecular weight is 312 g/mol. The normalized spacial score (nSPS) is 15.3. The molecule has 0 saturated carbocycles. The lowest BCUT2D eigenvalue weighted by Crippen LogP contribution is -2.22. The first kappa shape index (κ1) is 15.2. The second-order valence-electron chi connectivity index (χ2n) is 5.62. The van der Waals surface area contributed by atoms with Crippen molar-refractivity contribution in [1.29, 1.82) is 0 Å². The first-order valence-electron chi connectivity index (χ1n) is 7.50. The van der Waals surface area contributed by atoms with Crippen LogP contribution < -0.4 is 5.43 Å². The van der Waals surface area contributed by atoms with Crippen LogP contribution in [0.4, 0.5) is 4.39 Å². The summed E-state index contributed by atoms with van der Waals surface area (Å²) in [5.41, 5.74) is 6.39. The van der Waals surface area contributed by atoms with Crippen molar-refractivity contribution in [2.24, 2.45) is 5.10 Å². The van der Waals surface area contributed by atoms with E-state index >= 15 is 0 Å². The van der Waals surface area contributed by atoms with Gasteiger partial charge in [-0.05, 0) is 67.6 Å². The third kappa shape index (κ3) is 3.08. The van der Waals surface area contributed by atoms with E-state index in [1.807, 2.05) is 13.0 Å². The zero-order valence-electron chi connectivity index (χ0n) is 12.8. The highest BCUT2D eigenvalue weighted by Crippen LogP contribution is 2.31. The molecule has 2 aromatic rings. The number of hydrogen-bond acceptors (Lipinski definition) is 3. The van der Waals surface area contributed by atoms with Gasteiger partial charge in [0.15, 0.2) is 0 Å². The van der Waals surface area contributed by atoms with Gasteiger partial charge >= 0.3 is 0 Å². The van der Waals surface area contributed by atoms with Crippen LogP contribution in [-0.2, 0) is 6.42 Å². The Bertz CT molecular complexity index is 782. The molecule has 1 aliphatic carbocycles. The molecule has 0 fully saturated rings. The Labute approximate surface area is 133 Å². The number of rotatable bonds is 2. The Morgan fingerprint density at radius 2 is 1.91 bits per heavy atom. The molecule has 2 aromatic carbocycles. The number of fused-ring (bicyclic) bond motifs is 1. The Kier molecular flexibility index (Phi) is 4.10. The van der Waals surface area contributed by atoms with Gasteiger partial charge in [-0.1, -0.05) is 6.07 Å². The van der Waals surface area contributed by atoms with Crippen molar-refractivity contribution in [2.75, 3.05) is 0 Å². The van der Waals surface area contributed by atoms with Gasteiger partial charge in [-0.2, -0.15) is 5.10 Å². The summed E-state index contributed by atoms with van der Waals surface area (Å²) in [6, 6.07) is 8.80. The van der Waals surface area contributed by atoms with Crippen LogP contribution in [0.25, 0.3) is 0 Å². The number of hydrogen-bond donors (Lipinski definition) is 2. The van der Waals surface area contributed by atoms with E-state index in [4.69, 9.17) is 0 Å². The topological polar surface area (TPSA) is 61.7 Å². The Balaban J connectivity index is 1.86. The van der Waals surface area contributed by atoms with Crippen LogP contribution in [-0.4, -0.2) is 16.7 Å². The zero-order valence-corrected chi connectivity index (χ0v) is 12.8. The van der Waals surface area contributed by atoms with Crippen LogP contribution in [0.5, 0.6) is 5.75 Å². The number of nitrogens with one attached hydrogen (secondary N) is 1. The highest BCUT2D eigenvalue weighted by atomic mass is 19.1. The molecule has 0 saturated heterocycles. The van der Waals surface area contributed by atoms with E-state index in [2.05, 4.69) is 10.5 Å². The smallest absolute Gasteiger partial charge is 0.271 e. The number of phenolic OH excluding ortho intramolecular Hbond substituents is 1. The minimum atomic E-state index is -0.406. The number of carbonyl (C=O) groups excluding carboxylic acids is 1. The summed E-state index contributed by atoms with van der Waals surface area (Å²) in [5.74, 6) is -0.619. The number of aryl methyl sites for hydroxylation is 1. The lowest BCUT2D eigenvalue weighted by Gasteiger charge is -2.21. The monoisotopic (exact) mass is 312 g/mol. The molecule has 0 unspecified atom stereocenters. The van der Waals surface area contributed by atoms with E-state index in [1.54, 1.807) is 6.07 Å². The number of carbonyl (C=O) groups is 1. The highest BCUT2D eigenvalue weighted by Gasteiger charge is 2.21. The lowest BCUT2D eigenvalue weighted by atomic mass is 9.86. The number of aromatic hydroxyl groups is 1. The summed E-state index contributed by atoms with van der Waals surface area (Å²) in [4.78, 5) is 12.1. The molecule has 118 valence electrons. The molecule has 5 heteroatoms. The van der Waals surface area contributed by atoms with E-state index in [0.29, 0.717) is 17.7 Å². The number of amides is 1. The third-order valence-corrected chi connectivity index (χ3v) is 4.05. The summed E-state index contributed by atoms with van der Waals surface area (Å²) in [7, 11) is 0. The van der Waals surface area contributed by atoms with Gasteiger partial charge < -0.3 is 5.11 Å². The first-order valence-corrected chi connectivity index (χ1v) is 7.50. The second kappa shape index (κ2) is 6.20. The van der Waals surface area contributed by atoms with E-state index in [-0.39, 0.29) is 5.75 Å². The number of hydrazone groups is 1. The Hall–Kier alpha value is -2.69. The largest absolute Gasteiger partial charge is 0.507 e. The molecule has 1 aliphatic rings. The van der Waals surface area contributed by atoms with Gasteiger partial charge in [0.2, 0.25) is 0 Å². The molecule has 0 heterocycles. The van der Waals surface area contributed by atoms with Crippen molar-refractivity contribution in [1.82, 2.24) is 5.43 Å². The van der Waals surface area contributed by atoms with Crippen LogP contribution in [0.2, 0.25) is 0 Å². The average Bonchev–Trinajstić information content (AvgIpc) is 2.56. The van der Waals surface area contributed by atoms with Gasteiger partial charge in [0.1, 0.15) is 11.6 Å². The van der Waals surface area contributed by atoms with Gasteiger partial charge in [-0.15, -0.1) is 0 Å². The number of benzene rings is 2. The maximum Gasteiger partial charge on any atom is 0.271 e. The summed E-state index contributed by atoms with van der Waals surface area (Å²) >= 11 is 0. The number of nitrogens with zero attached hydrogens (tertiary/aromatic N) is 1. The Morgan fingerprint density at radius 3 is 2.65 bits per heavy atom. The van der Waals surface area contributed by atoms with Crippen molar-refractivity contribution >= 4 is 11.6 Å². The van der Waals surface area contributed by atoms with Crippen LogP contribution in [0, 0.1) is 12.7 Å². The predicted molar refractivity (Wildman–Crippen MR) is 86.2 cm³/mol. The second-order valence-corrected chi connectivity index (χ2v) is 5.62. The van der Waals surface area contributed by atoms with Crippen LogP contribution in [0.1, 0.15) is 39.9 Å². The minimum Gasteiger partial charge on any atom is -0.507 e. The molecule has 3 rings (SSSR count). The van der Waals surface area contributed by atoms with Crippen molar-refractivity contribution in [3.05, 3.63) is 64.5 Å². The molecular formula is C18H17FN2O2. The fourth-order valence-electron chi connectivity index (χ4n) is 2.84. The third-order valence-electron chi connectivity index (χ3n) is 4.05. The molecule has 0 atom stereocenters. The fourth-order valence-corrected chi connectivity index (χ4v) is 2.84. The van der Waals surface area contributed by atoms with Crippen molar-refractivity contribution in [3.63, 3.8) is 0 Å². The fraction of sp³-hybridized carbons (Fsp3) is 0.222. The summed E-state index contributed by atoms with van der Waals surface area (Å²) < 4.78 is 12.9. The summed E-state index contributed by atoms with van der Waals surface area (Å²) in [6.45, 7) is 2.00. The molecule has 0 spiro atoms. The summed E-state index contributed by atoms with van der Waals surface area (Å²) in [6.07, 6.45) is 2.50. The molecule has 0 radical (unpaired) electrons. The minimum absolute atomic E-state index is 0.181. The maximum absolute atomic E-state index is 12.9. The van der Waals surface area contributed by atoms with Gasteiger partial charge in [0, 0.05) is 11.1 Å². The van der Waals surface area contributed by atoms with E-state index in [1.165, 1.54) is 24.3 Å². The van der Waals surface area contributed by atoms with Gasteiger partial charge in [0.05, 0.1) is 5.71 Å². The van der Waals surface area contributed by atoms with E-state index < -0.39 is 11.7 Å². The molecule has 0 bridgehead atoms. The van der Waals surface area contributed by atoms with Crippen LogP contribution >= 0.6 is 0 Å². The van der Waals surface area contributed by atoms with Crippen molar-refractivity contribution in [2.45, 2.75) is 26.2 Å². The van der Waals surface area contributed by atoms with Gasteiger partial charge in [-0.3, -0.25) is 4.79 Å². The molecule has 4 nitrogen and oxygen atoms in total. The first-order chi connectivity index (χ1) is 11.1. The van der Waals surface area contributed by atoms with Crippen molar-refractivity contribution < 1.29 is 14.3 Å². The molecule has 0 aliphatic heterocycles. The quantitative estimate of drug-likeness (QED) is 0.836. The van der Waals surface area contributed by atoms with Crippen LogP contribution in [0.3, 0.4) is 0 Å². The molecule has 2 N–H and O–H groups in total. The highest BCUT2D eigenvalue weighted by molar-refractivity contribution is 6.06. The number of phenols is 1. The SMILES string of the molecule is Cc1ccc(O)c2c1CCC/C2=N\NC(=O)c1ccc(F)cc1. The molecule has 1 amide bonds. The standard InChI is InChI=1S/C18H17FN2O2/c1-11-5-10-16(22)17-14(11)3-2-4-15(17)20-21-18(23)12-6-8-13(19)9-7-12/h5-10,22H,2-4H2,1H3,(H,21,23)/b20-15+. The zero-order chi connectivity index (χ0) is 16.4. The molecular weight excluding hydrogens is 295 g/mol. The summed E-state index contributed by atoms with van der Waals surface area (Å²) in [5, 5.41) is 14.3. The van der Waals surface area contributed by atoms with Crippen LogP contribution in [0.15, 0.2) is 41.5 Å². The van der Waals surface area contributed by atoms with Gasteiger partial charge in [-0.25, -0.2) is 9.82 Å². The maximum atomic E-state index is 12.9. The number of halogens is 1. The molecule has 0 aromatic heterocycles. The predicted octanol–water partition coefficient (Wildman–Crippen LogP) is 3.31. The lowest BCUT2D eigenvalue weighted by molar-refractivity contribution is 0.0954. The van der Waals surface area contributed by atoms with Crippen molar-refractivity contribution in [3.8, 4) is 5.75 Å². The van der Waals surface area contributed by atoms with E-state index in [9.17, 15) is 14.3 Å².